The van der Waals surface area contributed by atoms with Crippen molar-refractivity contribution in [2.45, 2.75) is 37.3 Å². The Morgan fingerprint density at radius 3 is 2.74 bits per heavy atom. The summed E-state index contributed by atoms with van der Waals surface area (Å²) >= 11 is 1.19. The predicted octanol–water partition coefficient (Wildman–Crippen LogP) is 2.20. The fraction of sp³-hybridized carbons (Fsp3) is 0.667. The second kappa shape index (κ2) is 9.66. The Morgan fingerprint density at radius 2 is 2.15 bits per heavy atom. The summed E-state index contributed by atoms with van der Waals surface area (Å²) < 4.78 is 31.9. The molecule has 1 aromatic heterocycles. The fourth-order valence-corrected chi connectivity index (χ4v) is 5.89. The standard InChI is InChI=1S/C18H28N2O5S2/c1-14(2)12-19(10-8-16(21)25-3)18(22)15-6-4-9-20(13-15)27(23,24)17-7-5-11-26-17/h5,7,11,14-15H,4,6,8-10,12-13H2,1-3H3. The molecule has 7 nitrogen and oxygen atoms in total. The first-order chi connectivity index (χ1) is 12.8. The van der Waals surface area contributed by atoms with Gasteiger partial charge in [0, 0.05) is 26.2 Å². The minimum atomic E-state index is -3.56. The minimum Gasteiger partial charge on any atom is -0.469 e. The van der Waals surface area contributed by atoms with Crippen LogP contribution in [-0.2, 0) is 24.3 Å². The third kappa shape index (κ3) is 5.76. The normalized spacial score (nSPS) is 18.4. The van der Waals surface area contributed by atoms with Gasteiger partial charge in [-0.25, -0.2) is 8.42 Å². The zero-order chi connectivity index (χ0) is 20.0. The molecular weight excluding hydrogens is 388 g/mol. The molecule has 0 N–H and O–H groups in total. The van der Waals surface area contributed by atoms with E-state index in [1.54, 1.807) is 22.4 Å². The maximum absolute atomic E-state index is 13.0. The zero-order valence-corrected chi connectivity index (χ0v) is 17.7. The number of carbonyl (C=O) groups excluding carboxylic acids is 2. The minimum absolute atomic E-state index is 0.0846. The Balaban J connectivity index is 2.09. The summed E-state index contributed by atoms with van der Waals surface area (Å²) in [6.07, 6.45) is 1.44. The van der Waals surface area contributed by atoms with Crippen molar-refractivity contribution < 1.29 is 22.7 Å². The van der Waals surface area contributed by atoms with Crippen LogP contribution in [0, 0.1) is 11.8 Å². The summed E-state index contributed by atoms with van der Waals surface area (Å²) in [5, 5.41) is 1.73. The van der Waals surface area contributed by atoms with Gasteiger partial charge in [0.1, 0.15) is 4.21 Å². The number of nitrogens with zero attached hydrogens (tertiary/aromatic N) is 2. The molecule has 27 heavy (non-hydrogen) atoms. The maximum Gasteiger partial charge on any atom is 0.307 e. The quantitative estimate of drug-likeness (QED) is 0.607. The summed E-state index contributed by atoms with van der Waals surface area (Å²) in [5.74, 6) is -0.577. The highest BCUT2D eigenvalue weighted by molar-refractivity contribution is 7.91. The van der Waals surface area contributed by atoms with Crippen LogP contribution < -0.4 is 0 Å². The van der Waals surface area contributed by atoms with Gasteiger partial charge in [-0.05, 0) is 30.2 Å². The summed E-state index contributed by atoms with van der Waals surface area (Å²) in [4.78, 5) is 26.2. The summed E-state index contributed by atoms with van der Waals surface area (Å²) in [6.45, 7) is 5.45. The van der Waals surface area contributed by atoms with Crippen molar-refractivity contribution >= 4 is 33.2 Å². The molecule has 2 heterocycles. The van der Waals surface area contributed by atoms with Crippen LogP contribution in [0.5, 0.6) is 0 Å². The van der Waals surface area contributed by atoms with Gasteiger partial charge in [0.15, 0.2) is 0 Å². The second-order valence-corrected chi connectivity index (χ2v) is 10.3. The van der Waals surface area contributed by atoms with Gasteiger partial charge in [0.25, 0.3) is 10.0 Å². The molecular formula is C18H28N2O5S2. The Bertz CT molecular complexity index is 731. The molecule has 0 aliphatic carbocycles. The van der Waals surface area contributed by atoms with E-state index in [1.165, 1.54) is 22.8 Å². The van der Waals surface area contributed by atoms with E-state index < -0.39 is 10.0 Å². The van der Waals surface area contributed by atoms with E-state index in [0.717, 1.165) is 0 Å². The maximum atomic E-state index is 13.0. The zero-order valence-electron chi connectivity index (χ0n) is 16.1. The van der Waals surface area contributed by atoms with E-state index in [-0.39, 0.29) is 43.2 Å². The highest BCUT2D eigenvalue weighted by Gasteiger charge is 2.35. The van der Waals surface area contributed by atoms with Crippen molar-refractivity contribution in [2.75, 3.05) is 33.3 Å². The molecule has 0 saturated carbocycles. The molecule has 1 atom stereocenters. The molecule has 0 radical (unpaired) electrons. The fourth-order valence-electron chi connectivity index (χ4n) is 3.22. The largest absolute Gasteiger partial charge is 0.469 e. The lowest BCUT2D eigenvalue weighted by atomic mass is 9.97. The SMILES string of the molecule is COC(=O)CCN(CC(C)C)C(=O)C1CCCN(S(=O)(=O)c2cccs2)C1. The molecule has 0 aromatic carbocycles. The first-order valence-corrected chi connectivity index (χ1v) is 11.5. The Labute approximate surface area is 165 Å². The number of piperidine rings is 1. The van der Waals surface area contributed by atoms with Crippen molar-refractivity contribution in [1.29, 1.82) is 0 Å². The number of amides is 1. The molecule has 1 unspecified atom stereocenters. The molecule has 9 heteroatoms. The topological polar surface area (TPSA) is 84.0 Å². The highest BCUT2D eigenvalue weighted by atomic mass is 32.2. The first kappa shape index (κ1) is 21.8. The average Bonchev–Trinajstić information content (AvgIpc) is 3.19. The third-order valence-electron chi connectivity index (χ3n) is 4.53. The van der Waals surface area contributed by atoms with Gasteiger partial charge >= 0.3 is 5.97 Å². The number of rotatable bonds is 8. The van der Waals surface area contributed by atoms with Crippen LogP contribution in [0.2, 0.25) is 0 Å². The lowest BCUT2D eigenvalue weighted by molar-refractivity contribution is -0.143. The molecule has 1 fully saturated rings. The van der Waals surface area contributed by atoms with Crippen LogP contribution in [0.4, 0.5) is 0 Å². The second-order valence-electron chi connectivity index (χ2n) is 7.14. The molecule has 1 aromatic rings. The lowest BCUT2D eigenvalue weighted by Crippen LogP contribution is -2.47. The van der Waals surface area contributed by atoms with Gasteiger partial charge in [0.05, 0.1) is 19.4 Å². The average molecular weight is 417 g/mol. The van der Waals surface area contributed by atoms with E-state index >= 15 is 0 Å². The number of carbonyl (C=O) groups is 2. The molecule has 1 amide bonds. The van der Waals surface area contributed by atoms with E-state index in [4.69, 9.17) is 0 Å². The molecule has 2 rings (SSSR count). The van der Waals surface area contributed by atoms with Gasteiger partial charge in [-0.1, -0.05) is 19.9 Å². The van der Waals surface area contributed by atoms with E-state index in [2.05, 4.69) is 4.74 Å². The molecule has 152 valence electrons. The predicted molar refractivity (Wildman–Crippen MR) is 104 cm³/mol. The highest BCUT2D eigenvalue weighted by Crippen LogP contribution is 2.27. The molecule has 1 aliphatic heterocycles. The van der Waals surface area contributed by atoms with Crippen LogP contribution in [0.3, 0.4) is 0 Å². The van der Waals surface area contributed by atoms with E-state index in [0.29, 0.717) is 30.1 Å². The van der Waals surface area contributed by atoms with Gasteiger partial charge in [-0.3, -0.25) is 9.59 Å². The summed E-state index contributed by atoms with van der Waals surface area (Å²) in [7, 11) is -2.23. The smallest absolute Gasteiger partial charge is 0.307 e. The van der Waals surface area contributed by atoms with Crippen molar-refractivity contribution in [2.24, 2.45) is 11.8 Å². The van der Waals surface area contributed by atoms with Crippen LogP contribution in [0.15, 0.2) is 21.7 Å². The van der Waals surface area contributed by atoms with Gasteiger partial charge in [-0.15, -0.1) is 11.3 Å². The Kier molecular flexibility index (Phi) is 7.81. The van der Waals surface area contributed by atoms with Gasteiger partial charge in [0.2, 0.25) is 5.91 Å². The molecule has 0 bridgehead atoms. The number of sulfonamides is 1. The van der Waals surface area contributed by atoms with Crippen LogP contribution in [0.1, 0.15) is 33.1 Å². The first-order valence-electron chi connectivity index (χ1n) is 9.15. The van der Waals surface area contributed by atoms with Crippen LogP contribution in [0.25, 0.3) is 0 Å². The van der Waals surface area contributed by atoms with Crippen LogP contribution >= 0.6 is 11.3 Å². The monoisotopic (exact) mass is 416 g/mol. The Morgan fingerprint density at radius 1 is 1.41 bits per heavy atom. The van der Waals surface area contributed by atoms with Crippen LogP contribution in [-0.4, -0.2) is 62.8 Å². The number of esters is 1. The molecule has 0 spiro atoms. The number of hydrogen-bond donors (Lipinski definition) is 0. The number of thiophene rings is 1. The third-order valence-corrected chi connectivity index (χ3v) is 7.77. The van der Waals surface area contributed by atoms with Crippen molar-refractivity contribution in [1.82, 2.24) is 9.21 Å². The van der Waals surface area contributed by atoms with E-state index in [1.807, 2.05) is 13.8 Å². The number of methoxy groups -OCH3 is 1. The summed E-state index contributed by atoms with van der Waals surface area (Å²) in [5.41, 5.74) is 0. The molecule has 1 aliphatic rings. The van der Waals surface area contributed by atoms with Crippen molar-refractivity contribution in [3.05, 3.63) is 17.5 Å². The molecule has 1 saturated heterocycles. The Hall–Kier alpha value is -1.45. The lowest BCUT2D eigenvalue weighted by Gasteiger charge is -2.34. The number of ether oxygens (including phenoxy) is 1. The number of hydrogen-bond acceptors (Lipinski definition) is 6. The summed E-state index contributed by atoms with van der Waals surface area (Å²) in [6, 6.07) is 3.30. The van der Waals surface area contributed by atoms with Gasteiger partial charge < -0.3 is 9.64 Å². The van der Waals surface area contributed by atoms with Gasteiger partial charge in [-0.2, -0.15) is 4.31 Å². The van der Waals surface area contributed by atoms with Crippen molar-refractivity contribution in [3.8, 4) is 0 Å². The van der Waals surface area contributed by atoms with E-state index in [9.17, 15) is 18.0 Å². The van der Waals surface area contributed by atoms with Crippen molar-refractivity contribution in [3.63, 3.8) is 0 Å².